The molecule has 13 heavy (non-hydrogen) atoms. The quantitative estimate of drug-likeness (QED) is 0.540. The normalized spacial score (nSPS) is 24.5. The van der Waals surface area contributed by atoms with E-state index >= 15 is 0 Å². The fourth-order valence-electron chi connectivity index (χ4n) is 1.63. The largest absolute Gasteiger partial charge is 0.309 e. The first kappa shape index (κ1) is 9.83. The fourth-order valence-corrected chi connectivity index (χ4v) is 1.63. The average Bonchev–Trinajstić information content (AvgIpc) is 2.28. The lowest BCUT2D eigenvalue weighted by molar-refractivity contribution is 0.311. The van der Waals surface area contributed by atoms with E-state index in [1.807, 2.05) is 7.05 Å². The lowest BCUT2D eigenvalue weighted by Gasteiger charge is -2.16. The van der Waals surface area contributed by atoms with Gasteiger partial charge in [0.05, 0.1) is 6.07 Å². The molecule has 0 radical (unpaired) electrons. The molecule has 0 N–H and O–H groups in total. The monoisotopic (exact) mass is 178 g/mol. The number of hydrogen-bond donors (Lipinski definition) is 0. The minimum Gasteiger partial charge on any atom is -0.309 e. The van der Waals surface area contributed by atoms with Crippen LogP contribution >= 0.6 is 0 Å². The summed E-state index contributed by atoms with van der Waals surface area (Å²) in [4.78, 5) is 3.92. The molecule has 0 aromatic heterocycles. The van der Waals surface area contributed by atoms with Crippen molar-refractivity contribution in [2.45, 2.75) is 6.42 Å². The van der Waals surface area contributed by atoms with Crippen molar-refractivity contribution in [1.82, 2.24) is 9.80 Å². The van der Waals surface area contributed by atoms with Gasteiger partial charge < -0.3 is 9.80 Å². The van der Waals surface area contributed by atoms with E-state index in [4.69, 9.17) is 10.5 Å². The van der Waals surface area contributed by atoms with Gasteiger partial charge >= 0.3 is 0 Å². The average molecular weight is 178 g/mol. The van der Waals surface area contributed by atoms with Crippen LogP contribution in [0.15, 0.2) is 0 Å². The predicted molar refractivity (Wildman–Crippen MR) is 48.4 cm³/mol. The Bertz CT molecular complexity index is 237. The van der Waals surface area contributed by atoms with Gasteiger partial charge in [0.25, 0.3) is 0 Å². The van der Waals surface area contributed by atoms with Crippen LogP contribution in [0.2, 0.25) is 0 Å². The minimum absolute atomic E-state index is 0.317. The third-order valence-electron chi connectivity index (χ3n) is 2.32. The number of nitrogens with zero attached hydrogens (tertiary/aromatic N) is 4. The van der Waals surface area contributed by atoms with Crippen LogP contribution in [0, 0.1) is 28.7 Å². The molecule has 0 spiro atoms. The highest BCUT2D eigenvalue weighted by Gasteiger charge is 2.19. The zero-order chi connectivity index (χ0) is 9.68. The lowest BCUT2D eigenvalue weighted by atomic mass is 10.1. The van der Waals surface area contributed by atoms with Crippen molar-refractivity contribution in [2.75, 3.05) is 33.2 Å². The Hall–Kier alpha value is -1.26. The second-order valence-corrected chi connectivity index (χ2v) is 3.54. The van der Waals surface area contributed by atoms with Crippen LogP contribution in [0.1, 0.15) is 6.42 Å². The third kappa shape index (κ3) is 2.93. The van der Waals surface area contributed by atoms with Crippen molar-refractivity contribution in [3.05, 3.63) is 0 Å². The molecule has 0 bridgehead atoms. The van der Waals surface area contributed by atoms with Gasteiger partial charge in [0, 0.05) is 38.5 Å². The molecule has 1 aliphatic heterocycles. The SMILES string of the molecule is CN1CCN(C#N)CC(CC#N)C1. The summed E-state index contributed by atoms with van der Waals surface area (Å²) < 4.78 is 0. The van der Waals surface area contributed by atoms with Crippen LogP contribution in [-0.2, 0) is 0 Å². The third-order valence-corrected chi connectivity index (χ3v) is 2.32. The van der Waals surface area contributed by atoms with Crippen molar-refractivity contribution < 1.29 is 0 Å². The Kier molecular flexibility index (Phi) is 3.54. The summed E-state index contributed by atoms with van der Waals surface area (Å²) in [5, 5.41) is 17.3. The van der Waals surface area contributed by atoms with Gasteiger partial charge in [-0.2, -0.15) is 10.5 Å². The molecule has 0 aromatic rings. The Morgan fingerprint density at radius 3 is 2.69 bits per heavy atom. The number of nitriles is 2. The topological polar surface area (TPSA) is 54.1 Å². The van der Waals surface area contributed by atoms with Crippen molar-refractivity contribution in [1.29, 1.82) is 10.5 Å². The van der Waals surface area contributed by atoms with E-state index in [-0.39, 0.29) is 0 Å². The van der Waals surface area contributed by atoms with Gasteiger partial charge in [0.1, 0.15) is 0 Å². The number of hydrogen-bond acceptors (Lipinski definition) is 4. The molecule has 0 saturated carbocycles. The van der Waals surface area contributed by atoms with Crippen molar-refractivity contribution >= 4 is 0 Å². The molecule has 0 aromatic carbocycles. The van der Waals surface area contributed by atoms with Gasteiger partial charge in [-0.05, 0) is 7.05 Å². The molecule has 4 nitrogen and oxygen atoms in total. The predicted octanol–water partition coefficient (Wildman–Crippen LogP) is 0.245. The number of likely N-dealkylation sites (N-methyl/N-ethyl adjacent to an activating group) is 1. The second kappa shape index (κ2) is 4.69. The molecule has 1 rings (SSSR count). The zero-order valence-electron chi connectivity index (χ0n) is 7.90. The summed E-state index contributed by atoms with van der Waals surface area (Å²) in [7, 11) is 2.03. The molecule has 4 heteroatoms. The molecule has 1 heterocycles. The second-order valence-electron chi connectivity index (χ2n) is 3.54. The Balaban J connectivity index is 2.54. The van der Waals surface area contributed by atoms with Crippen LogP contribution in [0.3, 0.4) is 0 Å². The maximum absolute atomic E-state index is 8.76. The van der Waals surface area contributed by atoms with Gasteiger partial charge in [-0.3, -0.25) is 0 Å². The van der Waals surface area contributed by atoms with Crippen LogP contribution in [0.5, 0.6) is 0 Å². The summed E-state index contributed by atoms with van der Waals surface area (Å²) in [6, 6.07) is 2.17. The molecule has 1 saturated heterocycles. The van der Waals surface area contributed by atoms with Gasteiger partial charge in [-0.15, -0.1) is 0 Å². The highest BCUT2D eigenvalue weighted by Crippen LogP contribution is 2.10. The first-order valence-electron chi connectivity index (χ1n) is 4.46. The van der Waals surface area contributed by atoms with E-state index in [9.17, 15) is 0 Å². The molecular formula is C9H14N4. The maximum Gasteiger partial charge on any atom is 0.179 e. The van der Waals surface area contributed by atoms with E-state index in [1.165, 1.54) is 0 Å². The Morgan fingerprint density at radius 1 is 1.31 bits per heavy atom. The number of rotatable bonds is 1. The Morgan fingerprint density at radius 2 is 2.08 bits per heavy atom. The highest BCUT2D eigenvalue weighted by atomic mass is 15.2. The summed E-state index contributed by atoms with van der Waals surface area (Å²) in [6.07, 6.45) is 2.69. The van der Waals surface area contributed by atoms with Crippen molar-refractivity contribution in [3.63, 3.8) is 0 Å². The van der Waals surface area contributed by atoms with Crippen LogP contribution in [0.4, 0.5) is 0 Å². The minimum atomic E-state index is 0.317. The maximum atomic E-state index is 8.76. The van der Waals surface area contributed by atoms with Gasteiger partial charge in [0.2, 0.25) is 0 Å². The van der Waals surface area contributed by atoms with Gasteiger partial charge in [-0.1, -0.05) is 0 Å². The van der Waals surface area contributed by atoms with Crippen molar-refractivity contribution in [3.8, 4) is 12.3 Å². The van der Waals surface area contributed by atoms with Gasteiger partial charge in [-0.25, -0.2) is 0 Å². The molecule has 1 aliphatic rings. The smallest absolute Gasteiger partial charge is 0.179 e. The molecule has 1 atom stereocenters. The Labute approximate surface area is 79.0 Å². The summed E-state index contributed by atoms with van der Waals surface area (Å²) in [5.74, 6) is 0.317. The summed E-state index contributed by atoms with van der Waals surface area (Å²) in [5.41, 5.74) is 0. The molecular weight excluding hydrogens is 164 g/mol. The molecule has 0 aliphatic carbocycles. The first-order chi connectivity index (χ1) is 6.26. The van der Waals surface area contributed by atoms with E-state index in [0.29, 0.717) is 12.3 Å². The van der Waals surface area contributed by atoms with E-state index in [2.05, 4.69) is 17.2 Å². The standard InChI is InChI=1S/C9H14N4/c1-12-4-5-13(8-11)7-9(6-12)2-3-10/h9H,2,4-7H2,1H3. The molecule has 70 valence electrons. The van der Waals surface area contributed by atoms with Crippen molar-refractivity contribution in [2.24, 2.45) is 5.92 Å². The highest BCUT2D eigenvalue weighted by molar-refractivity contribution is 4.86. The fraction of sp³-hybridized carbons (Fsp3) is 0.778. The lowest BCUT2D eigenvalue weighted by Crippen LogP contribution is -2.25. The molecule has 1 fully saturated rings. The molecule has 1 unspecified atom stereocenters. The van der Waals surface area contributed by atoms with E-state index in [1.54, 1.807) is 4.90 Å². The summed E-state index contributed by atoms with van der Waals surface area (Å²) in [6.45, 7) is 3.35. The van der Waals surface area contributed by atoms with Gasteiger partial charge in [0.15, 0.2) is 6.19 Å². The molecule has 0 amide bonds. The van der Waals surface area contributed by atoms with Crippen LogP contribution in [-0.4, -0.2) is 43.0 Å². The van der Waals surface area contributed by atoms with Crippen LogP contribution in [0.25, 0.3) is 0 Å². The van der Waals surface area contributed by atoms with E-state index < -0.39 is 0 Å². The summed E-state index contributed by atoms with van der Waals surface area (Å²) >= 11 is 0. The zero-order valence-corrected chi connectivity index (χ0v) is 7.90. The van der Waals surface area contributed by atoms with Crippen LogP contribution < -0.4 is 0 Å². The first-order valence-corrected chi connectivity index (χ1v) is 4.46. The van der Waals surface area contributed by atoms with E-state index in [0.717, 1.165) is 26.2 Å².